The second kappa shape index (κ2) is 7.71. The maximum absolute atomic E-state index is 12.2. The second-order valence-corrected chi connectivity index (χ2v) is 6.37. The van der Waals surface area contributed by atoms with Gasteiger partial charge in [-0.2, -0.15) is 8.78 Å². The van der Waals surface area contributed by atoms with E-state index in [-0.39, 0.29) is 5.75 Å². The normalized spacial score (nSPS) is 11.0. The standard InChI is InChI=1S/C16H13ClF2N4OS/c17-12-5-1-10(2-6-12)9-25-16-22-21-14(23(16)20)11-3-7-13(8-4-11)24-15(18)19/h1-8,15H,9,20H2. The van der Waals surface area contributed by atoms with Crippen LogP contribution >= 0.6 is 23.4 Å². The molecule has 0 atom stereocenters. The topological polar surface area (TPSA) is 66.0 Å². The molecule has 0 spiro atoms. The van der Waals surface area contributed by atoms with Gasteiger partial charge in [0.25, 0.3) is 0 Å². The van der Waals surface area contributed by atoms with E-state index in [9.17, 15) is 8.78 Å². The highest BCUT2D eigenvalue weighted by atomic mass is 35.5. The van der Waals surface area contributed by atoms with Crippen LogP contribution in [0.25, 0.3) is 11.4 Å². The molecule has 0 bridgehead atoms. The smallest absolute Gasteiger partial charge is 0.387 e. The highest BCUT2D eigenvalue weighted by molar-refractivity contribution is 7.98. The van der Waals surface area contributed by atoms with Crippen LogP contribution in [0.1, 0.15) is 5.56 Å². The first-order valence-corrected chi connectivity index (χ1v) is 8.52. The Morgan fingerprint density at radius 1 is 1.08 bits per heavy atom. The Hall–Kier alpha value is -2.32. The second-order valence-electron chi connectivity index (χ2n) is 4.99. The van der Waals surface area contributed by atoms with Gasteiger partial charge in [0.1, 0.15) is 5.75 Å². The van der Waals surface area contributed by atoms with Crippen LogP contribution < -0.4 is 10.6 Å². The summed E-state index contributed by atoms with van der Waals surface area (Å²) in [5.41, 5.74) is 1.72. The molecule has 0 saturated carbocycles. The lowest BCUT2D eigenvalue weighted by atomic mass is 10.2. The van der Waals surface area contributed by atoms with Gasteiger partial charge >= 0.3 is 6.61 Å². The van der Waals surface area contributed by atoms with Crippen molar-refractivity contribution in [3.8, 4) is 17.1 Å². The highest BCUT2D eigenvalue weighted by Crippen LogP contribution is 2.26. The third-order valence-corrected chi connectivity index (χ3v) is 4.55. The van der Waals surface area contributed by atoms with E-state index >= 15 is 0 Å². The molecule has 0 saturated heterocycles. The molecule has 3 aromatic rings. The lowest BCUT2D eigenvalue weighted by molar-refractivity contribution is -0.0498. The number of hydrogen-bond donors (Lipinski definition) is 1. The molecule has 3 rings (SSSR count). The predicted octanol–water partition coefficient (Wildman–Crippen LogP) is 4.21. The zero-order valence-electron chi connectivity index (χ0n) is 12.8. The van der Waals surface area contributed by atoms with Gasteiger partial charge in [0.05, 0.1) is 0 Å². The summed E-state index contributed by atoms with van der Waals surface area (Å²) < 4.78 is 30.0. The molecule has 0 amide bonds. The molecule has 0 radical (unpaired) electrons. The van der Waals surface area contributed by atoms with Crippen molar-refractivity contribution in [1.82, 2.24) is 14.9 Å². The van der Waals surface area contributed by atoms with Crippen molar-refractivity contribution in [2.75, 3.05) is 5.84 Å². The average Bonchev–Trinajstić information content (AvgIpc) is 2.95. The molecule has 0 aliphatic carbocycles. The maximum Gasteiger partial charge on any atom is 0.387 e. The Kier molecular flexibility index (Phi) is 5.40. The number of halogens is 3. The van der Waals surface area contributed by atoms with Crippen molar-refractivity contribution in [1.29, 1.82) is 0 Å². The third-order valence-electron chi connectivity index (χ3n) is 3.28. The Labute approximate surface area is 151 Å². The fourth-order valence-electron chi connectivity index (χ4n) is 2.09. The molecule has 1 heterocycles. The molecule has 0 unspecified atom stereocenters. The molecule has 2 aromatic carbocycles. The first kappa shape index (κ1) is 17.5. The minimum absolute atomic E-state index is 0.0687. The molecule has 0 aliphatic heterocycles. The summed E-state index contributed by atoms with van der Waals surface area (Å²) in [6, 6.07) is 13.5. The van der Waals surface area contributed by atoms with E-state index in [1.165, 1.54) is 28.6 Å². The van der Waals surface area contributed by atoms with Crippen molar-refractivity contribution < 1.29 is 13.5 Å². The van der Waals surface area contributed by atoms with Gasteiger partial charge in [0, 0.05) is 16.3 Å². The molecule has 5 nitrogen and oxygen atoms in total. The Morgan fingerprint density at radius 3 is 2.40 bits per heavy atom. The van der Waals surface area contributed by atoms with Crippen LogP contribution in [-0.4, -0.2) is 21.5 Å². The number of ether oxygens (including phenoxy) is 1. The van der Waals surface area contributed by atoms with Crippen LogP contribution in [0.5, 0.6) is 5.75 Å². The predicted molar refractivity (Wildman–Crippen MR) is 93.3 cm³/mol. The van der Waals surface area contributed by atoms with Crippen LogP contribution in [0.15, 0.2) is 53.7 Å². The van der Waals surface area contributed by atoms with Gasteiger partial charge in [-0.15, -0.1) is 10.2 Å². The average molecular weight is 383 g/mol. The van der Waals surface area contributed by atoms with Gasteiger partial charge in [-0.1, -0.05) is 35.5 Å². The van der Waals surface area contributed by atoms with Crippen molar-refractivity contribution in [3.05, 3.63) is 59.1 Å². The minimum atomic E-state index is -2.86. The molecule has 9 heteroatoms. The number of nitrogens with zero attached hydrogens (tertiary/aromatic N) is 3. The third kappa shape index (κ3) is 4.40. The highest BCUT2D eigenvalue weighted by Gasteiger charge is 2.13. The van der Waals surface area contributed by atoms with Crippen molar-refractivity contribution in [2.45, 2.75) is 17.5 Å². The monoisotopic (exact) mass is 382 g/mol. The number of benzene rings is 2. The molecule has 130 valence electrons. The zero-order valence-corrected chi connectivity index (χ0v) is 14.3. The van der Waals surface area contributed by atoms with Crippen molar-refractivity contribution in [3.63, 3.8) is 0 Å². The molecule has 25 heavy (non-hydrogen) atoms. The number of nitrogen functional groups attached to an aromatic ring is 1. The Balaban J connectivity index is 1.71. The summed E-state index contributed by atoms with van der Waals surface area (Å²) in [6.07, 6.45) is 0. The summed E-state index contributed by atoms with van der Waals surface area (Å²) in [7, 11) is 0. The number of aromatic nitrogens is 3. The van der Waals surface area contributed by atoms with Crippen LogP contribution in [0.3, 0.4) is 0 Å². The molecular formula is C16H13ClF2N4OS. The number of hydrogen-bond acceptors (Lipinski definition) is 5. The fraction of sp³-hybridized carbons (Fsp3) is 0.125. The molecule has 1 aromatic heterocycles. The molecular weight excluding hydrogens is 370 g/mol. The van der Waals surface area contributed by atoms with E-state index in [0.717, 1.165) is 5.56 Å². The summed E-state index contributed by atoms with van der Waals surface area (Å²) in [6.45, 7) is -2.86. The van der Waals surface area contributed by atoms with E-state index in [1.807, 2.05) is 24.3 Å². The zero-order chi connectivity index (χ0) is 17.8. The van der Waals surface area contributed by atoms with Crippen molar-refractivity contribution >= 4 is 23.4 Å². The van der Waals surface area contributed by atoms with Gasteiger partial charge < -0.3 is 10.6 Å². The summed E-state index contributed by atoms with van der Waals surface area (Å²) in [4.78, 5) is 0. The number of rotatable bonds is 6. The summed E-state index contributed by atoms with van der Waals surface area (Å²) >= 11 is 7.29. The van der Waals surface area contributed by atoms with Gasteiger partial charge in [0.2, 0.25) is 5.16 Å². The molecule has 0 fully saturated rings. The van der Waals surface area contributed by atoms with Gasteiger partial charge in [0.15, 0.2) is 5.82 Å². The van der Waals surface area contributed by atoms with E-state index in [0.29, 0.717) is 27.3 Å². The van der Waals surface area contributed by atoms with Gasteiger partial charge in [-0.25, -0.2) is 4.68 Å². The fourth-order valence-corrected chi connectivity index (χ4v) is 3.02. The minimum Gasteiger partial charge on any atom is -0.435 e. The molecule has 2 N–H and O–H groups in total. The van der Waals surface area contributed by atoms with Crippen LogP contribution in [-0.2, 0) is 5.75 Å². The SMILES string of the molecule is Nn1c(SCc2ccc(Cl)cc2)nnc1-c1ccc(OC(F)F)cc1. The summed E-state index contributed by atoms with van der Waals surface area (Å²) in [5, 5.41) is 9.35. The van der Waals surface area contributed by atoms with Gasteiger partial charge in [-0.3, -0.25) is 0 Å². The molecule has 0 aliphatic rings. The largest absolute Gasteiger partial charge is 0.435 e. The lowest BCUT2D eigenvalue weighted by Gasteiger charge is -2.06. The van der Waals surface area contributed by atoms with Crippen LogP contribution in [0.4, 0.5) is 8.78 Å². The van der Waals surface area contributed by atoms with E-state index < -0.39 is 6.61 Å². The Morgan fingerprint density at radius 2 is 1.76 bits per heavy atom. The van der Waals surface area contributed by atoms with Crippen LogP contribution in [0, 0.1) is 0 Å². The van der Waals surface area contributed by atoms with E-state index in [1.54, 1.807) is 12.1 Å². The quantitative estimate of drug-likeness (QED) is 0.511. The van der Waals surface area contributed by atoms with E-state index in [2.05, 4.69) is 14.9 Å². The van der Waals surface area contributed by atoms with E-state index in [4.69, 9.17) is 17.4 Å². The maximum atomic E-state index is 12.2. The number of nitrogens with two attached hydrogens (primary N) is 1. The van der Waals surface area contributed by atoms with Gasteiger partial charge in [-0.05, 0) is 42.0 Å². The van der Waals surface area contributed by atoms with Crippen molar-refractivity contribution in [2.24, 2.45) is 0 Å². The number of thioether (sulfide) groups is 1. The first-order chi connectivity index (χ1) is 12.0. The van der Waals surface area contributed by atoms with Crippen LogP contribution in [0.2, 0.25) is 5.02 Å². The summed E-state index contributed by atoms with van der Waals surface area (Å²) in [5.74, 6) is 7.20. The lowest BCUT2D eigenvalue weighted by Crippen LogP contribution is -2.11. The Bertz CT molecular complexity index is 840. The number of alkyl halides is 2. The first-order valence-electron chi connectivity index (χ1n) is 7.16.